The maximum Gasteiger partial charge on any atom is 0.0610 e. The van der Waals surface area contributed by atoms with Crippen molar-refractivity contribution in [3.05, 3.63) is 0 Å². The van der Waals surface area contributed by atoms with Crippen LogP contribution in [-0.4, -0.2) is 12.2 Å². The smallest absolute Gasteiger partial charge is 0.0610 e. The van der Waals surface area contributed by atoms with Gasteiger partial charge >= 0.3 is 0 Å². The zero-order valence-electron chi connectivity index (χ0n) is 38.2. The van der Waals surface area contributed by atoms with Crippen molar-refractivity contribution in [2.45, 2.75) is 200 Å². The molecule has 20 atom stereocenters. The first kappa shape index (κ1) is 41.1. The van der Waals surface area contributed by atoms with Gasteiger partial charge in [0.2, 0.25) is 0 Å². The van der Waals surface area contributed by atoms with Gasteiger partial charge in [0.15, 0.2) is 0 Å². The number of hydrogen-bond donors (Lipinski definition) is 0. The highest BCUT2D eigenvalue weighted by Gasteiger charge is 2.72. The number of fused-ring (bicyclic) bond motifs is 4. The fourth-order valence-corrected chi connectivity index (χ4v) is 19.0. The normalized spacial score (nSPS) is 56.3. The number of ether oxygens (including phenoxy) is 1. The summed E-state index contributed by atoms with van der Waals surface area (Å²) in [6, 6.07) is 0. The molecule has 0 radical (unpaired) electrons. The zero-order valence-corrected chi connectivity index (χ0v) is 38.2. The highest BCUT2D eigenvalue weighted by molar-refractivity contribution is 5.20. The summed E-state index contributed by atoms with van der Waals surface area (Å²) in [4.78, 5) is 0. The average molecular weight is 733 g/mol. The van der Waals surface area contributed by atoms with Crippen LogP contribution in [0.3, 0.4) is 0 Å². The van der Waals surface area contributed by atoms with Gasteiger partial charge in [0.1, 0.15) is 0 Å². The SMILES string of the molecule is CC(CC1CCC(C2CC3CCC(C(C)C)CC3O2)CC1)CC1CCC2C(C1C)C(C)C1C(C)C3(C)C(C)C(C(C)C)C(C)CC3(C)C(C)C1(C)C2C. The monoisotopic (exact) mass is 733 g/mol. The molecule has 306 valence electrons. The maximum absolute atomic E-state index is 6.88. The topological polar surface area (TPSA) is 9.23 Å². The molecule has 6 saturated carbocycles. The molecular weight excluding hydrogens is 641 g/mol. The van der Waals surface area contributed by atoms with Gasteiger partial charge in [0.05, 0.1) is 12.2 Å². The van der Waals surface area contributed by atoms with Crippen LogP contribution in [-0.2, 0) is 4.74 Å². The van der Waals surface area contributed by atoms with E-state index in [4.69, 9.17) is 4.74 Å². The van der Waals surface area contributed by atoms with Crippen molar-refractivity contribution in [3.63, 3.8) is 0 Å². The van der Waals surface area contributed by atoms with Crippen molar-refractivity contribution < 1.29 is 4.74 Å². The first-order chi connectivity index (χ1) is 24.9. The fourth-order valence-electron chi connectivity index (χ4n) is 19.0. The van der Waals surface area contributed by atoms with E-state index in [1.54, 1.807) is 0 Å². The molecule has 1 heteroatoms. The van der Waals surface area contributed by atoms with Crippen LogP contribution >= 0.6 is 0 Å². The molecular formula is C52H92O. The lowest BCUT2D eigenvalue weighted by atomic mass is 9.28. The summed E-state index contributed by atoms with van der Waals surface area (Å²) in [5.41, 5.74) is 1.26. The average Bonchev–Trinajstić information content (AvgIpc) is 3.53. The van der Waals surface area contributed by atoms with Gasteiger partial charge in [0, 0.05) is 0 Å². The Morgan fingerprint density at radius 1 is 0.623 bits per heavy atom. The number of hydrogen-bond acceptors (Lipinski definition) is 1. The minimum Gasteiger partial charge on any atom is -0.374 e. The second kappa shape index (κ2) is 15.0. The van der Waals surface area contributed by atoms with Crippen molar-refractivity contribution in [3.8, 4) is 0 Å². The molecule has 0 spiro atoms. The molecule has 1 nitrogen and oxygen atoms in total. The van der Waals surface area contributed by atoms with Crippen molar-refractivity contribution in [2.24, 2.45) is 129 Å². The van der Waals surface area contributed by atoms with E-state index in [-0.39, 0.29) is 0 Å². The lowest BCUT2D eigenvalue weighted by molar-refractivity contribution is -0.291. The lowest BCUT2D eigenvalue weighted by Crippen LogP contribution is -2.71. The second-order valence-corrected chi connectivity index (χ2v) is 24.4. The highest BCUT2D eigenvalue weighted by atomic mass is 16.5. The van der Waals surface area contributed by atoms with Gasteiger partial charge in [-0.15, -0.1) is 0 Å². The van der Waals surface area contributed by atoms with Crippen LogP contribution in [0.25, 0.3) is 0 Å². The third-order valence-electron chi connectivity index (χ3n) is 22.2. The third kappa shape index (κ3) is 6.44. The van der Waals surface area contributed by atoms with Gasteiger partial charge in [0.25, 0.3) is 0 Å². The van der Waals surface area contributed by atoms with E-state index in [2.05, 4.69) is 104 Å². The maximum atomic E-state index is 6.88. The van der Waals surface area contributed by atoms with Gasteiger partial charge in [-0.3, -0.25) is 0 Å². The van der Waals surface area contributed by atoms with E-state index in [9.17, 15) is 0 Å². The Morgan fingerprint density at radius 3 is 1.91 bits per heavy atom. The van der Waals surface area contributed by atoms with E-state index in [0.717, 1.165) is 112 Å². The Balaban J connectivity index is 0.985. The first-order valence-corrected chi connectivity index (χ1v) is 24.5. The Morgan fingerprint density at radius 2 is 1.26 bits per heavy atom. The minimum absolute atomic E-state index is 0.405. The molecule has 7 rings (SSSR count). The van der Waals surface area contributed by atoms with E-state index in [0.29, 0.717) is 28.5 Å². The molecule has 0 aromatic carbocycles. The highest BCUT2D eigenvalue weighted by Crippen LogP contribution is 2.78. The molecule has 7 fully saturated rings. The van der Waals surface area contributed by atoms with Crippen LogP contribution in [0, 0.1) is 129 Å². The van der Waals surface area contributed by atoms with Gasteiger partial charge < -0.3 is 4.74 Å². The Hall–Kier alpha value is -0.0400. The molecule has 0 bridgehead atoms. The van der Waals surface area contributed by atoms with Crippen LogP contribution in [0.15, 0.2) is 0 Å². The molecule has 20 unspecified atom stereocenters. The predicted octanol–water partition coefficient (Wildman–Crippen LogP) is 14.9. The standard InChI is InChI=1S/C52H92O/c1-29(2)41-20-21-43-27-45(53-46(43)26-41)40-18-16-39(17-19-40)24-31(5)25-42-22-23-44-35(9)51(14)38(12)50(13)28-32(6)47(30(3)4)36(10)52(50,15)37(11)49(51)34(8)48(44)33(42)7/h29-49H,16-28H2,1-15H3. The Kier molecular flexibility index (Phi) is 11.6. The van der Waals surface area contributed by atoms with E-state index in [1.807, 2.05) is 0 Å². The van der Waals surface area contributed by atoms with Gasteiger partial charge in [-0.2, -0.15) is 0 Å². The molecule has 0 N–H and O–H groups in total. The van der Waals surface area contributed by atoms with Crippen LogP contribution < -0.4 is 0 Å². The molecule has 0 aromatic heterocycles. The summed E-state index contributed by atoms with van der Waals surface area (Å²) in [6.45, 7) is 40.3. The predicted molar refractivity (Wildman–Crippen MR) is 227 cm³/mol. The van der Waals surface area contributed by atoms with Crippen molar-refractivity contribution in [1.29, 1.82) is 0 Å². The molecule has 0 aromatic rings. The minimum atomic E-state index is 0.405. The molecule has 1 saturated heterocycles. The van der Waals surface area contributed by atoms with Crippen molar-refractivity contribution in [2.75, 3.05) is 0 Å². The third-order valence-corrected chi connectivity index (χ3v) is 22.2. The zero-order chi connectivity index (χ0) is 38.5. The molecule has 1 aliphatic heterocycles. The molecule has 53 heavy (non-hydrogen) atoms. The van der Waals surface area contributed by atoms with Crippen molar-refractivity contribution >= 4 is 0 Å². The molecule has 0 amide bonds. The van der Waals surface area contributed by atoms with Crippen LogP contribution in [0.1, 0.15) is 187 Å². The van der Waals surface area contributed by atoms with E-state index >= 15 is 0 Å². The van der Waals surface area contributed by atoms with Crippen molar-refractivity contribution in [1.82, 2.24) is 0 Å². The Labute approximate surface area is 331 Å². The van der Waals surface area contributed by atoms with E-state index in [1.165, 1.54) is 83.5 Å². The van der Waals surface area contributed by atoms with Gasteiger partial charge in [-0.05, 0) is 199 Å². The quantitative estimate of drug-likeness (QED) is 0.253. The second-order valence-electron chi connectivity index (χ2n) is 24.4. The summed E-state index contributed by atoms with van der Waals surface area (Å²) >= 11 is 0. The van der Waals surface area contributed by atoms with Crippen LogP contribution in [0.4, 0.5) is 0 Å². The lowest BCUT2D eigenvalue weighted by Gasteiger charge is -2.77. The summed E-state index contributed by atoms with van der Waals surface area (Å²) in [5, 5.41) is 0. The van der Waals surface area contributed by atoms with Gasteiger partial charge in [-0.25, -0.2) is 0 Å². The van der Waals surface area contributed by atoms with E-state index < -0.39 is 0 Å². The van der Waals surface area contributed by atoms with Gasteiger partial charge in [-0.1, -0.05) is 117 Å². The van der Waals surface area contributed by atoms with Crippen LogP contribution in [0.5, 0.6) is 0 Å². The summed E-state index contributed by atoms with van der Waals surface area (Å²) in [6.07, 6.45) is 20.0. The molecule has 7 aliphatic rings. The summed E-state index contributed by atoms with van der Waals surface area (Å²) in [5.74, 6) is 16.3. The summed E-state index contributed by atoms with van der Waals surface area (Å²) in [7, 11) is 0. The molecule has 6 aliphatic carbocycles. The van der Waals surface area contributed by atoms with Crippen LogP contribution in [0.2, 0.25) is 0 Å². The largest absolute Gasteiger partial charge is 0.374 e. The summed E-state index contributed by atoms with van der Waals surface area (Å²) < 4.78 is 6.88. The Bertz CT molecular complexity index is 1240. The fraction of sp³-hybridized carbons (Fsp3) is 1.00. The first-order valence-electron chi connectivity index (χ1n) is 24.5. The molecule has 1 heterocycles. The number of rotatable bonds is 7.